The molecule has 0 spiro atoms. The van der Waals surface area contributed by atoms with E-state index in [1.165, 1.54) is 0 Å². The number of ether oxygens (including phenoxy) is 2. The first kappa shape index (κ1) is 16.0. The fourth-order valence-corrected chi connectivity index (χ4v) is 2.41. The normalized spacial score (nSPS) is 13.9. The van der Waals surface area contributed by atoms with Crippen LogP contribution in [0.2, 0.25) is 0 Å². The second-order valence-electron chi connectivity index (χ2n) is 4.54. The van der Waals surface area contributed by atoms with Crippen molar-refractivity contribution in [2.24, 2.45) is 0 Å². The second kappa shape index (κ2) is 8.17. The van der Waals surface area contributed by atoms with Crippen LogP contribution in [-0.4, -0.2) is 36.5 Å². The van der Waals surface area contributed by atoms with Crippen molar-refractivity contribution in [2.45, 2.75) is 25.9 Å². The zero-order chi connectivity index (χ0) is 14.3. The van der Waals surface area contributed by atoms with Gasteiger partial charge in [-0.1, -0.05) is 6.07 Å². The van der Waals surface area contributed by atoms with Gasteiger partial charge in [-0.2, -0.15) is 0 Å². The van der Waals surface area contributed by atoms with Gasteiger partial charge < -0.3 is 14.8 Å². The number of methoxy groups -OCH3 is 2. The Labute approximate surface area is 118 Å². The van der Waals surface area contributed by atoms with E-state index < -0.39 is 10.8 Å². The van der Waals surface area contributed by atoms with Gasteiger partial charge in [-0.25, -0.2) is 0 Å². The van der Waals surface area contributed by atoms with Crippen LogP contribution >= 0.6 is 0 Å². The molecule has 2 unspecified atom stereocenters. The molecule has 0 bridgehead atoms. The van der Waals surface area contributed by atoms with Crippen LogP contribution in [-0.2, 0) is 17.3 Å². The van der Waals surface area contributed by atoms with Crippen molar-refractivity contribution in [1.82, 2.24) is 5.32 Å². The summed E-state index contributed by atoms with van der Waals surface area (Å²) in [7, 11) is 2.54. The van der Waals surface area contributed by atoms with E-state index in [-0.39, 0.29) is 0 Å². The largest absolute Gasteiger partial charge is 0.493 e. The van der Waals surface area contributed by atoms with E-state index in [0.29, 0.717) is 6.04 Å². The predicted octanol–water partition coefficient (Wildman–Crippen LogP) is 1.95. The Morgan fingerprint density at radius 1 is 1.26 bits per heavy atom. The number of nitrogens with one attached hydrogen (secondary N) is 1. The maximum atomic E-state index is 11.0. The van der Waals surface area contributed by atoms with E-state index in [2.05, 4.69) is 12.2 Å². The Morgan fingerprint density at radius 2 is 1.95 bits per heavy atom. The Balaban J connectivity index is 2.51. The molecule has 4 nitrogen and oxygen atoms in total. The molecule has 0 aromatic heterocycles. The van der Waals surface area contributed by atoms with Gasteiger partial charge in [0.25, 0.3) is 0 Å². The van der Waals surface area contributed by atoms with Gasteiger partial charge in [-0.05, 0) is 31.0 Å². The monoisotopic (exact) mass is 285 g/mol. The molecule has 0 heterocycles. The molecule has 0 amide bonds. The highest BCUT2D eigenvalue weighted by atomic mass is 32.2. The molecular weight excluding hydrogens is 262 g/mol. The summed E-state index contributed by atoms with van der Waals surface area (Å²) < 4.78 is 21.5. The summed E-state index contributed by atoms with van der Waals surface area (Å²) in [5.74, 6) is 2.21. The molecule has 2 atom stereocenters. The molecule has 1 N–H and O–H groups in total. The van der Waals surface area contributed by atoms with Crippen molar-refractivity contribution in [3.05, 3.63) is 23.8 Å². The van der Waals surface area contributed by atoms with Gasteiger partial charge in [-0.15, -0.1) is 0 Å². The van der Waals surface area contributed by atoms with E-state index in [9.17, 15) is 4.21 Å². The number of hydrogen-bond donors (Lipinski definition) is 1. The van der Waals surface area contributed by atoms with E-state index >= 15 is 0 Å². The molecule has 0 radical (unpaired) electrons. The number of benzene rings is 1. The van der Waals surface area contributed by atoms with Gasteiger partial charge >= 0.3 is 0 Å². The third kappa shape index (κ3) is 5.61. The van der Waals surface area contributed by atoms with Crippen LogP contribution in [0.3, 0.4) is 0 Å². The Hall–Kier alpha value is -1.07. The topological polar surface area (TPSA) is 47.6 Å². The lowest BCUT2D eigenvalue weighted by Gasteiger charge is -2.14. The van der Waals surface area contributed by atoms with Crippen LogP contribution in [0.15, 0.2) is 18.2 Å². The second-order valence-corrected chi connectivity index (χ2v) is 6.09. The average Bonchev–Trinajstić information content (AvgIpc) is 2.42. The lowest BCUT2D eigenvalue weighted by Crippen LogP contribution is -2.26. The average molecular weight is 285 g/mol. The predicted molar refractivity (Wildman–Crippen MR) is 79.4 cm³/mol. The van der Waals surface area contributed by atoms with Crippen LogP contribution in [0.5, 0.6) is 11.5 Å². The van der Waals surface area contributed by atoms with Crippen molar-refractivity contribution in [3.8, 4) is 11.5 Å². The fraction of sp³-hybridized carbons (Fsp3) is 0.571. The van der Waals surface area contributed by atoms with Gasteiger partial charge in [0.05, 0.1) is 14.2 Å². The molecule has 5 heteroatoms. The summed E-state index contributed by atoms with van der Waals surface area (Å²) >= 11 is 0. The molecule has 1 aromatic rings. The molecule has 1 aromatic carbocycles. The van der Waals surface area contributed by atoms with Gasteiger partial charge in [0.1, 0.15) is 0 Å². The third-order valence-electron chi connectivity index (χ3n) is 2.94. The summed E-state index contributed by atoms with van der Waals surface area (Å²) in [4.78, 5) is 0. The molecule has 108 valence electrons. The van der Waals surface area contributed by atoms with Crippen LogP contribution < -0.4 is 14.8 Å². The van der Waals surface area contributed by atoms with Gasteiger partial charge in [-0.3, -0.25) is 4.21 Å². The maximum absolute atomic E-state index is 11.0. The highest BCUT2D eigenvalue weighted by molar-refractivity contribution is 7.84. The van der Waals surface area contributed by atoms with Crippen molar-refractivity contribution in [1.29, 1.82) is 0 Å². The SMILES string of the molecule is COc1ccc(CNC(C)CCS(C)=O)cc1OC. The molecule has 0 aliphatic carbocycles. The lowest BCUT2D eigenvalue weighted by atomic mass is 10.2. The highest BCUT2D eigenvalue weighted by Crippen LogP contribution is 2.27. The molecule has 19 heavy (non-hydrogen) atoms. The van der Waals surface area contributed by atoms with Crippen LogP contribution in [0.25, 0.3) is 0 Å². The molecule has 0 aliphatic rings. The molecular formula is C14H23NO3S. The van der Waals surface area contributed by atoms with Crippen LogP contribution in [0.4, 0.5) is 0 Å². The highest BCUT2D eigenvalue weighted by Gasteiger charge is 2.06. The molecule has 0 fully saturated rings. The molecule has 0 saturated carbocycles. The fourth-order valence-electron chi connectivity index (χ4n) is 1.73. The lowest BCUT2D eigenvalue weighted by molar-refractivity contribution is 0.354. The van der Waals surface area contributed by atoms with Gasteiger partial charge in [0.15, 0.2) is 11.5 Å². The van der Waals surface area contributed by atoms with E-state index in [1.807, 2.05) is 18.2 Å². The minimum atomic E-state index is -0.720. The van der Waals surface area contributed by atoms with Crippen molar-refractivity contribution in [2.75, 3.05) is 26.2 Å². The van der Waals surface area contributed by atoms with Crippen LogP contribution in [0, 0.1) is 0 Å². The quantitative estimate of drug-likeness (QED) is 0.793. The summed E-state index contributed by atoms with van der Waals surface area (Å²) in [6.45, 7) is 2.87. The van der Waals surface area contributed by atoms with Crippen molar-refractivity contribution >= 4 is 10.8 Å². The Bertz CT molecular complexity index is 423. The summed E-state index contributed by atoms with van der Waals surface area (Å²) in [6, 6.07) is 6.23. The zero-order valence-corrected chi connectivity index (χ0v) is 12.9. The zero-order valence-electron chi connectivity index (χ0n) is 12.1. The first-order chi connectivity index (χ1) is 9.06. The number of hydrogen-bond acceptors (Lipinski definition) is 4. The standard InChI is InChI=1S/C14H23NO3S/c1-11(7-8-19(4)16)15-10-12-5-6-13(17-2)14(9-12)18-3/h5-6,9,11,15H,7-8,10H2,1-4H3. The molecule has 0 saturated heterocycles. The van der Waals surface area contributed by atoms with Gasteiger partial charge in [0.2, 0.25) is 0 Å². The summed E-state index contributed by atoms with van der Waals surface area (Å²) in [5.41, 5.74) is 1.14. The van der Waals surface area contributed by atoms with Crippen molar-refractivity contribution in [3.63, 3.8) is 0 Å². The number of rotatable bonds is 8. The Morgan fingerprint density at radius 3 is 2.53 bits per heavy atom. The van der Waals surface area contributed by atoms with Crippen LogP contribution in [0.1, 0.15) is 18.9 Å². The van der Waals surface area contributed by atoms with Crippen molar-refractivity contribution < 1.29 is 13.7 Å². The molecule has 1 rings (SSSR count). The minimum absolute atomic E-state index is 0.344. The van der Waals surface area contributed by atoms with E-state index in [4.69, 9.17) is 9.47 Å². The first-order valence-corrected chi connectivity index (χ1v) is 8.03. The third-order valence-corrected chi connectivity index (χ3v) is 3.75. The first-order valence-electron chi connectivity index (χ1n) is 6.31. The Kier molecular flexibility index (Phi) is 6.87. The summed E-state index contributed by atoms with van der Waals surface area (Å²) in [5, 5.41) is 3.41. The molecule has 0 aliphatic heterocycles. The smallest absolute Gasteiger partial charge is 0.161 e. The van der Waals surface area contributed by atoms with E-state index in [0.717, 1.165) is 35.8 Å². The van der Waals surface area contributed by atoms with E-state index in [1.54, 1.807) is 20.5 Å². The summed E-state index contributed by atoms with van der Waals surface area (Å²) in [6.07, 6.45) is 2.65. The minimum Gasteiger partial charge on any atom is -0.493 e. The maximum Gasteiger partial charge on any atom is 0.161 e. The van der Waals surface area contributed by atoms with Gasteiger partial charge in [0, 0.05) is 35.4 Å².